The second-order valence-electron chi connectivity index (χ2n) is 5.61. The number of hydrogen-bond donors (Lipinski definition) is 3. The van der Waals surface area contributed by atoms with Gasteiger partial charge in [0.15, 0.2) is 0 Å². The average Bonchev–Trinajstić information content (AvgIpc) is 2.40. The molecule has 116 valence electrons. The van der Waals surface area contributed by atoms with Crippen LogP contribution in [-0.4, -0.2) is 28.1 Å². The standard InChI is InChI=1S/C16H23NO4/c1-11(2)4-3-5-15(19)17-14(16(20)21)10-12-6-8-13(18)9-7-12/h6-9,11,14,18H,3-5,10H2,1-2H3,(H,17,19)(H,20,21). The van der Waals surface area contributed by atoms with Crippen molar-refractivity contribution in [1.29, 1.82) is 0 Å². The summed E-state index contributed by atoms with van der Waals surface area (Å²) in [6.45, 7) is 4.17. The van der Waals surface area contributed by atoms with E-state index in [1.54, 1.807) is 12.1 Å². The van der Waals surface area contributed by atoms with Gasteiger partial charge < -0.3 is 15.5 Å². The maximum absolute atomic E-state index is 11.8. The van der Waals surface area contributed by atoms with Crippen LogP contribution in [0.25, 0.3) is 0 Å². The molecule has 0 spiro atoms. The molecule has 1 rings (SSSR count). The zero-order valence-electron chi connectivity index (χ0n) is 12.5. The molecule has 0 saturated carbocycles. The lowest BCUT2D eigenvalue weighted by Crippen LogP contribution is -2.42. The fraction of sp³-hybridized carbons (Fsp3) is 0.500. The Morgan fingerprint density at radius 3 is 2.33 bits per heavy atom. The number of carbonyl (C=O) groups excluding carboxylic acids is 1. The largest absolute Gasteiger partial charge is 0.508 e. The number of nitrogens with one attached hydrogen (secondary N) is 1. The van der Waals surface area contributed by atoms with E-state index in [1.165, 1.54) is 12.1 Å². The molecule has 0 bridgehead atoms. The van der Waals surface area contributed by atoms with Crippen LogP contribution in [0.3, 0.4) is 0 Å². The molecule has 5 heteroatoms. The van der Waals surface area contributed by atoms with Gasteiger partial charge in [0.1, 0.15) is 11.8 Å². The molecule has 0 aliphatic carbocycles. The first-order chi connectivity index (χ1) is 9.88. The van der Waals surface area contributed by atoms with Gasteiger partial charge in [-0.2, -0.15) is 0 Å². The van der Waals surface area contributed by atoms with Crippen molar-refractivity contribution in [3.8, 4) is 5.75 Å². The number of aliphatic carboxylic acids is 1. The number of phenolic OH excluding ortho intramolecular Hbond substituents is 1. The zero-order valence-corrected chi connectivity index (χ0v) is 12.5. The molecule has 0 heterocycles. The number of amides is 1. The SMILES string of the molecule is CC(C)CCCC(=O)NC(Cc1ccc(O)cc1)C(=O)O. The van der Waals surface area contributed by atoms with Crippen molar-refractivity contribution >= 4 is 11.9 Å². The minimum Gasteiger partial charge on any atom is -0.508 e. The number of phenols is 1. The van der Waals surface area contributed by atoms with Crippen molar-refractivity contribution in [2.45, 2.75) is 45.6 Å². The summed E-state index contributed by atoms with van der Waals surface area (Å²) >= 11 is 0. The Balaban J connectivity index is 2.51. The lowest BCUT2D eigenvalue weighted by molar-refractivity contribution is -0.141. The van der Waals surface area contributed by atoms with Crippen molar-refractivity contribution in [3.63, 3.8) is 0 Å². The first-order valence-electron chi connectivity index (χ1n) is 7.18. The summed E-state index contributed by atoms with van der Waals surface area (Å²) in [5.74, 6) is -0.629. The Bertz CT molecular complexity index is 468. The van der Waals surface area contributed by atoms with Crippen molar-refractivity contribution < 1.29 is 19.8 Å². The summed E-state index contributed by atoms with van der Waals surface area (Å²) in [6.07, 6.45) is 2.25. The first kappa shape index (κ1) is 17.0. The molecule has 1 aromatic carbocycles. The number of rotatable bonds is 8. The third kappa shape index (κ3) is 6.79. The minimum absolute atomic E-state index is 0.128. The molecule has 1 atom stereocenters. The predicted octanol–water partition coefficient (Wildman–Crippen LogP) is 2.33. The van der Waals surface area contributed by atoms with Gasteiger partial charge in [0, 0.05) is 12.8 Å². The second kappa shape index (κ2) is 8.29. The van der Waals surface area contributed by atoms with E-state index in [-0.39, 0.29) is 18.1 Å². The highest BCUT2D eigenvalue weighted by Crippen LogP contribution is 2.12. The Morgan fingerprint density at radius 2 is 1.81 bits per heavy atom. The van der Waals surface area contributed by atoms with E-state index in [9.17, 15) is 19.8 Å². The van der Waals surface area contributed by atoms with Crippen LogP contribution >= 0.6 is 0 Å². The molecule has 0 radical (unpaired) electrons. The monoisotopic (exact) mass is 293 g/mol. The summed E-state index contributed by atoms with van der Waals surface area (Å²) in [5, 5.41) is 20.9. The minimum atomic E-state index is -1.06. The molecular formula is C16H23NO4. The molecular weight excluding hydrogens is 270 g/mol. The van der Waals surface area contributed by atoms with Gasteiger partial charge in [-0.25, -0.2) is 4.79 Å². The molecule has 0 aromatic heterocycles. The van der Waals surface area contributed by atoms with E-state index in [0.717, 1.165) is 18.4 Å². The predicted molar refractivity (Wildman–Crippen MR) is 80.1 cm³/mol. The van der Waals surface area contributed by atoms with E-state index in [0.29, 0.717) is 12.3 Å². The Morgan fingerprint density at radius 1 is 1.19 bits per heavy atom. The van der Waals surface area contributed by atoms with Crippen molar-refractivity contribution in [1.82, 2.24) is 5.32 Å². The van der Waals surface area contributed by atoms with Crippen LogP contribution < -0.4 is 5.32 Å². The van der Waals surface area contributed by atoms with Crippen LogP contribution in [0.15, 0.2) is 24.3 Å². The highest BCUT2D eigenvalue weighted by molar-refractivity contribution is 5.83. The fourth-order valence-corrected chi connectivity index (χ4v) is 2.01. The Hall–Kier alpha value is -2.04. The molecule has 0 aliphatic heterocycles. The Labute approximate surface area is 125 Å². The van der Waals surface area contributed by atoms with Gasteiger partial charge in [-0.15, -0.1) is 0 Å². The molecule has 0 saturated heterocycles. The van der Waals surface area contributed by atoms with E-state index in [1.807, 2.05) is 0 Å². The van der Waals surface area contributed by atoms with Crippen LogP contribution in [0.5, 0.6) is 5.75 Å². The molecule has 1 aromatic rings. The number of carboxylic acid groups (broad SMARTS) is 1. The summed E-state index contributed by atoms with van der Waals surface area (Å²) in [5.41, 5.74) is 0.752. The molecule has 5 nitrogen and oxygen atoms in total. The van der Waals surface area contributed by atoms with Crippen LogP contribution in [0.4, 0.5) is 0 Å². The normalized spacial score (nSPS) is 12.1. The van der Waals surface area contributed by atoms with Gasteiger partial charge in [-0.1, -0.05) is 32.4 Å². The highest BCUT2D eigenvalue weighted by atomic mass is 16.4. The summed E-state index contributed by atoms with van der Waals surface area (Å²) < 4.78 is 0. The van der Waals surface area contributed by atoms with E-state index in [2.05, 4.69) is 19.2 Å². The molecule has 0 fully saturated rings. The molecule has 21 heavy (non-hydrogen) atoms. The van der Waals surface area contributed by atoms with Crippen molar-refractivity contribution in [2.75, 3.05) is 0 Å². The molecule has 1 amide bonds. The van der Waals surface area contributed by atoms with Crippen molar-refractivity contribution in [2.24, 2.45) is 5.92 Å². The van der Waals surface area contributed by atoms with Crippen LogP contribution in [0.1, 0.15) is 38.7 Å². The van der Waals surface area contributed by atoms with E-state index in [4.69, 9.17) is 0 Å². The van der Waals surface area contributed by atoms with Gasteiger partial charge in [-0.05, 0) is 30.0 Å². The Kier molecular flexibility index (Phi) is 6.72. The van der Waals surface area contributed by atoms with Crippen LogP contribution in [0.2, 0.25) is 0 Å². The van der Waals surface area contributed by atoms with E-state index >= 15 is 0 Å². The molecule has 3 N–H and O–H groups in total. The molecule has 0 aliphatic rings. The van der Waals surface area contributed by atoms with Crippen LogP contribution in [-0.2, 0) is 16.0 Å². The number of benzene rings is 1. The summed E-state index contributed by atoms with van der Waals surface area (Å²) in [4.78, 5) is 23.0. The lowest BCUT2D eigenvalue weighted by atomic mass is 10.0. The summed E-state index contributed by atoms with van der Waals surface area (Å²) in [6, 6.07) is 5.35. The van der Waals surface area contributed by atoms with Gasteiger partial charge in [-0.3, -0.25) is 4.79 Å². The third-order valence-corrected chi connectivity index (χ3v) is 3.19. The topological polar surface area (TPSA) is 86.6 Å². The zero-order chi connectivity index (χ0) is 15.8. The fourth-order valence-electron chi connectivity index (χ4n) is 2.01. The number of hydrogen-bond acceptors (Lipinski definition) is 3. The number of aromatic hydroxyl groups is 1. The van der Waals surface area contributed by atoms with Crippen molar-refractivity contribution in [3.05, 3.63) is 29.8 Å². The maximum atomic E-state index is 11.8. The molecule has 1 unspecified atom stereocenters. The van der Waals surface area contributed by atoms with E-state index < -0.39 is 12.0 Å². The quantitative estimate of drug-likeness (QED) is 0.686. The second-order valence-corrected chi connectivity index (χ2v) is 5.61. The highest BCUT2D eigenvalue weighted by Gasteiger charge is 2.20. The van der Waals surface area contributed by atoms with Gasteiger partial charge in [0.2, 0.25) is 5.91 Å². The maximum Gasteiger partial charge on any atom is 0.326 e. The van der Waals surface area contributed by atoms with Gasteiger partial charge in [0.25, 0.3) is 0 Å². The first-order valence-corrected chi connectivity index (χ1v) is 7.18. The number of carbonyl (C=O) groups is 2. The number of carboxylic acids is 1. The van der Waals surface area contributed by atoms with Gasteiger partial charge >= 0.3 is 5.97 Å². The van der Waals surface area contributed by atoms with Crippen LogP contribution in [0, 0.1) is 5.92 Å². The third-order valence-electron chi connectivity index (χ3n) is 3.19. The summed E-state index contributed by atoms with van der Waals surface area (Å²) in [7, 11) is 0. The van der Waals surface area contributed by atoms with Gasteiger partial charge in [0.05, 0.1) is 0 Å². The average molecular weight is 293 g/mol. The smallest absolute Gasteiger partial charge is 0.326 e. The lowest BCUT2D eigenvalue weighted by Gasteiger charge is -2.15.